The number of rotatable bonds is 5. The Kier molecular flexibility index (Phi) is 5.40. The van der Waals surface area contributed by atoms with E-state index < -0.39 is 9.84 Å². The summed E-state index contributed by atoms with van der Waals surface area (Å²) < 4.78 is 31.7. The van der Waals surface area contributed by atoms with Gasteiger partial charge in [0.1, 0.15) is 5.82 Å². The zero-order valence-corrected chi connectivity index (χ0v) is 18.3. The molecule has 4 aromatic rings. The molecule has 30 heavy (non-hydrogen) atoms. The Bertz CT molecular complexity index is 1350. The molecule has 0 unspecified atom stereocenters. The van der Waals surface area contributed by atoms with Gasteiger partial charge in [-0.25, -0.2) is 13.4 Å². The van der Waals surface area contributed by atoms with E-state index in [1.807, 2.05) is 18.2 Å². The SMILES string of the molecule is CCOc1nc(S(C)(=O)=O)nc2c1nc(-c1ccccc1Cl)n2-c1ccc(Cl)cc1. The fourth-order valence-electron chi connectivity index (χ4n) is 2.98. The zero-order valence-electron chi connectivity index (χ0n) is 16.0. The Labute approximate surface area is 183 Å². The standard InChI is InChI=1S/C20H16Cl2N4O3S/c1-3-29-19-16-18(24-20(25-19)30(2,27)28)26(13-10-8-12(21)9-11-13)17(23-16)14-6-4-5-7-15(14)22/h4-11H,3H2,1-2H3. The Morgan fingerprint density at radius 1 is 1.00 bits per heavy atom. The summed E-state index contributed by atoms with van der Waals surface area (Å²) in [5, 5.41) is 0.695. The maximum Gasteiger partial charge on any atom is 0.252 e. The second-order valence-corrected chi connectivity index (χ2v) is 9.17. The molecule has 2 heterocycles. The largest absolute Gasteiger partial charge is 0.476 e. The second kappa shape index (κ2) is 7.86. The van der Waals surface area contributed by atoms with Crippen molar-refractivity contribution in [3.8, 4) is 23.0 Å². The summed E-state index contributed by atoms with van der Waals surface area (Å²) >= 11 is 12.5. The number of halogens is 2. The predicted molar refractivity (Wildman–Crippen MR) is 116 cm³/mol. The minimum absolute atomic E-state index is 0.0870. The summed E-state index contributed by atoms with van der Waals surface area (Å²) in [5.41, 5.74) is 1.94. The minimum atomic E-state index is -3.69. The molecular formula is C20H16Cl2N4O3S. The maximum atomic E-state index is 12.2. The molecule has 7 nitrogen and oxygen atoms in total. The molecule has 0 aliphatic carbocycles. The van der Waals surface area contributed by atoms with E-state index in [1.165, 1.54) is 0 Å². The molecule has 0 amide bonds. The molecule has 0 radical (unpaired) electrons. The van der Waals surface area contributed by atoms with Crippen molar-refractivity contribution in [1.29, 1.82) is 0 Å². The van der Waals surface area contributed by atoms with Crippen LogP contribution in [-0.4, -0.2) is 40.8 Å². The van der Waals surface area contributed by atoms with Crippen LogP contribution < -0.4 is 4.74 Å². The lowest BCUT2D eigenvalue weighted by atomic mass is 10.2. The summed E-state index contributed by atoms with van der Waals surface area (Å²) in [5.74, 6) is 0.558. The molecule has 154 valence electrons. The average molecular weight is 463 g/mol. The van der Waals surface area contributed by atoms with Crippen LogP contribution in [-0.2, 0) is 9.84 Å². The summed E-state index contributed by atoms with van der Waals surface area (Å²) in [7, 11) is -3.69. The van der Waals surface area contributed by atoms with Gasteiger partial charge in [-0.3, -0.25) is 4.57 Å². The Balaban J connectivity index is 2.15. The molecule has 0 bridgehead atoms. The van der Waals surface area contributed by atoms with Gasteiger partial charge in [0.25, 0.3) is 5.16 Å². The summed E-state index contributed by atoms with van der Waals surface area (Å²) in [6.45, 7) is 2.06. The molecule has 2 aromatic carbocycles. The molecule has 0 fully saturated rings. The van der Waals surface area contributed by atoms with E-state index in [2.05, 4.69) is 15.0 Å². The highest BCUT2D eigenvalue weighted by molar-refractivity contribution is 7.90. The number of aromatic nitrogens is 4. The van der Waals surface area contributed by atoms with Crippen LogP contribution >= 0.6 is 23.2 Å². The van der Waals surface area contributed by atoms with Crippen LogP contribution in [0.1, 0.15) is 6.92 Å². The average Bonchev–Trinajstić information content (AvgIpc) is 3.08. The van der Waals surface area contributed by atoms with Crippen molar-refractivity contribution < 1.29 is 13.2 Å². The van der Waals surface area contributed by atoms with Crippen LogP contribution in [0.15, 0.2) is 53.7 Å². The van der Waals surface area contributed by atoms with Crippen molar-refractivity contribution in [1.82, 2.24) is 19.5 Å². The summed E-state index contributed by atoms with van der Waals surface area (Å²) in [6, 6.07) is 14.2. The molecule has 0 saturated heterocycles. The first-order valence-corrected chi connectivity index (χ1v) is 11.6. The van der Waals surface area contributed by atoms with Crippen molar-refractivity contribution in [3.05, 3.63) is 58.6 Å². The molecule has 10 heteroatoms. The van der Waals surface area contributed by atoms with Crippen LogP contribution in [0.3, 0.4) is 0 Å². The van der Waals surface area contributed by atoms with E-state index in [9.17, 15) is 8.42 Å². The lowest BCUT2D eigenvalue weighted by Crippen LogP contribution is -2.08. The van der Waals surface area contributed by atoms with E-state index in [1.54, 1.807) is 41.8 Å². The van der Waals surface area contributed by atoms with Crippen molar-refractivity contribution in [2.45, 2.75) is 12.1 Å². The highest BCUT2D eigenvalue weighted by atomic mass is 35.5. The molecule has 0 aliphatic heterocycles. The second-order valence-electron chi connectivity index (χ2n) is 6.42. The van der Waals surface area contributed by atoms with Crippen molar-refractivity contribution >= 4 is 44.2 Å². The lowest BCUT2D eigenvalue weighted by Gasteiger charge is -2.11. The fraction of sp³-hybridized carbons (Fsp3) is 0.150. The topological polar surface area (TPSA) is 87.0 Å². The Hall–Kier alpha value is -2.68. The first-order valence-electron chi connectivity index (χ1n) is 8.93. The first-order chi connectivity index (χ1) is 14.3. The third-order valence-electron chi connectivity index (χ3n) is 4.27. The zero-order chi connectivity index (χ0) is 21.5. The van der Waals surface area contributed by atoms with Gasteiger partial charge in [0.05, 0.1) is 11.6 Å². The number of benzene rings is 2. The van der Waals surface area contributed by atoms with E-state index >= 15 is 0 Å². The maximum absolute atomic E-state index is 12.2. The highest BCUT2D eigenvalue weighted by Gasteiger charge is 2.24. The van der Waals surface area contributed by atoms with E-state index in [-0.39, 0.29) is 23.3 Å². The number of hydrogen-bond donors (Lipinski definition) is 0. The number of nitrogens with zero attached hydrogens (tertiary/aromatic N) is 4. The smallest absolute Gasteiger partial charge is 0.252 e. The monoisotopic (exact) mass is 462 g/mol. The molecule has 0 atom stereocenters. The molecule has 0 aliphatic rings. The van der Waals surface area contributed by atoms with Gasteiger partial charge in [0.2, 0.25) is 15.7 Å². The van der Waals surface area contributed by atoms with E-state index in [0.717, 1.165) is 6.26 Å². The van der Waals surface area contributed by atoms with Crippen LogP contribution in [0.4, 0.5) is 0 Å². The van der Waals surface area contributed by atoms with Crippen molar-refractivity contribution in [3.63, 3.8) is 0 Å². The van der Waals surface area contributed by atoms with Gasteiger partial charge in [0, 0.05) is 22.5 Å². The van der Waals surface area contributed by atoms with Crippen molar-refractivity contribution in [2.24, 2.45) is 0 Å². The minimum Gasteiger partial charge on any atom is -0.476 e. The molecule has 0 saturated carbocycles. The highest BCUT2D eigenvalue weighted by Crippen LogP contribution is 2.35. The van der Waals surface area contributed by atoms with Gasteiger partial charge in [-0.1, -0.05) is 35.3 Å². The number of ether oxygens (including phenoxy) is 1. The Morgan fingerprint density at radius 3 is 2.33 bits per heavy atom. The van der Waals surface area contributed by atoms with Gasteiger partial charge >= 0.3 is 0 Å². The molecular weight excluding hydrogens is 447 g/mol. The number of imidazole rings is 1. The van der Waals surface area contributed by atoms with Gasteiger partial charge in [-0.05, 0) is 43.3 Å². The van der Waals surface area contributed by atoms with Crippen LogP contribution in [0, 0.1) is 0 Å². The molecule has 2 aromatic heterocycles. The van der Waals surface area contributed by atoms with Gasteiger partial charge in [0.15, 0.2) is 11.2 Å². The van der Waals surface area contributed by atoms with Gasteiger partial charge in [-0.15, -0.1) is 0 Å². The lowest BCUT2D eigenvalue weighted by molar-refractivity contribution is 0.327. The van der Waals surface area contributed by atoms with Gasteiger partial charge in [-0.2, -0.15) is 9.97 Å². The quantitative estimate of drug-likeness (QED) is 0.403. The normalized spacial score (nSPS) is 11.7. The predicted octanol–water partition coefficient (Wildman–Crippen LogP) is 4.59. The first kappa shape index (κ1) is 20.6. The molecule has 0 spiro atoms. The number of sulfone groups is 1. The Morgan fingerprint density at radius 2 is 1.70 bits per heavy atom. The number of hydrogen-bond acceptors (Lipinski definition) is 6. The fourth-order valence-corrected chi connectivity index (χ4v) is 3.82. The van der Waals surface area contributed by atoms with Crippen molar-refractivity contribution in [2.75, 3.05) is 12.9 Å². The number of fused-ring (bicyclic) bond motifs is 1. The third-order valence-corrected chi connectivity index (χ3v) is 5.69. The van der Waals surface area contributed by atoms with E-state index in [0.29, 0.717) is 32.6 Å². The van der Waals surface area contributed by atoms with E-state index in [4.69, 9.17) is 27.9 Å². The van der Waals surface area contributed by atoms with Gasteiger partial charge < -0.3 is 4.74 Å². The van der Waals surface area contributed by atoms with Crippen LogP contribution in [0.5, 0.6) is 5.88 Å². The molecule has 0 N–H and O–H groups in total. The third kappa shape index (κ3) is 3.74. The molecule has 4 rings (SSSR count). The van der Waals surface area contributed by atoms with Crippen LogP contribution in [0.25, 0.3) is 28.2 Å². The summed E-state index contributed by atoms with van der Waals surface area (Å²) in [6.07, 6.45) is 1.04. The van der Waals surface area contributed by atoms with Crippen LogP contribution in [0.2, 0.25) is 10.0 Å². The summed E-state index contributed by atoms with van der Waals surface area (Å²) in [4.78, 5) is 13.1.